The van der Waals surface area contributed by atoms with Gasteiger partial charge in [0.2, 0.25) is 0 Å². The maximum atomic E-state index is 12.4. The van der Waals surface area contributed by atoms with E-state index in [0.29, 0.717) is 0 Å². The molecule has 0 aliphatic heterocycles. The first-order valence-electron chi connectivity index (χ1n) is 7.86. The fourth-order valence-electron chi connectivity index (χ4n) is 3.04. The number of benzene rings is 1. The lowest BCUT2D eigenvalue weighted by Gasteiger charge is -2.30. The minimum atomic E-state index is -0.335. The minimum Gasteiger partial charge on any atom is -0.367 e. The Bertz CT molecular complexity index is 435. The highest BCUT2D eigenvalue weighted by atomic mass is 16.5. The molecular formula is C18H26O2. The molecule has 0 bridgehead atoms. The zero-order valence-electron chi connectivity index (χ0n) is 12.9. The molecule has 0 amide bonds. The molecule has 1 aromatic carbocycles. The molecule has 2 heteroatoms. The highest BCUT2D eigenvalue weighted by Gasteiger charge is 2.25. The van der Waals surface area contributed by atoms with Gasteiger partial charge < -0.3 is 4.74 Å². The standard InChI is InChI=1S/C18H26O2/c1-4-15-6-5-7-17(12-15)20-14(3)18(19)16-10-8-13(2)9-11-16/h8-11,14-15,17H,4-7,12H2,1-3H3. The van der Waals surface area contributed by atoms with Crippen LogP contribution in [0.1, 0.15) is 61.9 Å². The molecule has 1 saturated carbocycles. The maximum Gasteiger partial charge on any atom is 0.191 e. The molecule has 110 valence electrons. The first-order valence-corrected chi connectivity index (χ1v) is 7.86. The molecule has 1 aromatic rings. The fraction of sp³-hybridized carbons (Fsp3) is 0.611. The van der Waals surface area contributed by atoms with Crippen LogP contribution in [0.5, 0.6) is 0 Å². The molecule has 0 saturated heterocycles. The van der Waals surface area contributed by atoms with Crippen molar-refractivity contribution in [3.8, 4) is 0 Å². The van der Waals surface area contributed by atoms with E-state index in [0.717, 1.165) is 24.3 Å². The Morgan fingerprint density at radius 2 is 2.00 bits per heavy atom. The summed E-state index contributed by atoms with van der Waals surface area (Å²) < 4.78 is 6.02. The lowest BCUT2D eigenvalue weighted by Crippen LogP contribution is -2.30. The van der Waals surface area contributed by atoms with Crippen molar-refractivity contribution in [2.45, 2.75) is 65.1 Å². The van der Waals surface area contributed by atoms with Crippen LogP contribution >= 0.6 is 0 Å². The molecule has 2 nitrogen and oxygen atoms in total. The van der Waals surface area contributed by atoms with Gasteiger partial charge in [0, 0.05) is 5.56 Å². The Morgan fingerprint density at radius 3 is 2.65 bits per heavy atom. The number of rotatable bonds is 5. The molecule has 3 atom stereocenters. The lowest BCUT2D eigenvalue weighted by molar-refractivity contribution is -0.0221. The maximum absolute atomic E-state index is 12.4. The van der Waals surface area contributed by atoms with E-state index in [1.54, 1.807) is 0 Å². The van der Waals surface area contributed by atoms with Crippen LogP contribution in [0.2, 0.25) is 0 Å². The van der Waals surface area contributed by atoms with Gasteiger partial charge in [-0.2, -0.15) is 0 Å². The number of Topliss-reactive ketones (excluding diaryl/α,β-unsaturated/α-hetero) is 1. The average Bonchev–Trinajstić information content (AvgIpc) is 2.47. The molecule has 0 radical (unpaired) electrons. The van der Waals surface area contributed by atoms with Gasteiger partial charge in [0.1, 0.15) is 6.10 Å². The highest BCUT2D eigenvalue weighted by molar-refractivity contribution is 5.99. The summed E-state index contributed by atoms with van der Waals surface area (Å²) in [6.45, 7) is 6.16. The normalized spacial score (nSPS) is 24.4. The topological polar surface area (TPSA) is 26.3 Å². The molecule has 2 rings (SSSR count). The third-order valence-corrected chi connectivity index (χ3v) is 4.41. The first-order chi connectivity index (χ1) is 9.60. The quantitative estimate of drug-likeness (QED) is 0.736. The predicted octanol–water partition coefficient (Wildman–Crippen LogP) is 4.55. The summed E-state index contributed by atoms with van der Waals surface area (Å²) >= 11 is 0. The van der Waals surface area contributed by atoms with E-state index in [9.17, 15) is 4.79 Å². The SMILES string of the molecule is CCC1CCCC(OC(C)C(=O)c2ccc(C)cc2)C1. The predicted molar refractivity (Wildman–Crippen MR) is 82.1 cm³/mol. The van der Waals surface area contributed by atoms with Gasteiger partial charge in [-0.15, -0.1) is 0 Å². The van der Waals surface area contributed by atoms with Gasteiger partial charge in [-0.05, 0) is 32.6 Å². The largest absolute Gasteiger partial charge is 0.367 e. The van der Waals surface area contributed by atoms with Gasteiger partial charge in [0.05, 0.1) is 6.10 Å². The van der Waals surface area contributed by atoms with Gasteiger partial charge in [0.25, 0.3) is 0 Å². The second kappa shape index (κ2) is 7.03. The minimum absolute atomic E-state index is 0.101. The Kier molecular flexibility index (Phi) is 5.36. The number of aryl methyl sites for hydroxylation is 1. The van der Waals surface area contributed by atoms with Crippen molar-refractivity contribution in [2.24, 2.45) is 5.92 Å². The summed E-state index contributed by atoms with van der Waals surface area (Å²) in [7, 11) is 0. The zero-order valence-corrected chi connectivity index (χ0v) is 12.9. The van der Waals surface area contributed by atoms with E-state index < -0.39 is 0 Å². The third-order valence-electron chi connectivity index (χ3n) is 4.41. The van der Waals surface area contributed by atoms with Gasteiger partial charge in [-0.1, -0.05) is 56.0 Å². The van der Waals surface area contributed by atoms with E-state index >= 15 is 0 Å². The smallest absolute Gasteiger partial charge is 0.191 e. The van der Waals surface area contributed by atoms with Crippen LogP contribution in [0.25, 0.3) is 0 Å². The van der Waals surface area contributed by atoms with Gasteiger partial charge >= 0.3 is 0 Å². The molecule has 0 heterocycles. The number of hydrogen-bond acceptors (Lipinski definition) is 2. The third kappa shape index (κ3) is 3.92. The summed E-state index contributed by atoms with van der Waals surface area (Å²) in [6, 6.07) is 7.75. The Labute approximate surface area is 122 Å². The van der Waals surface area contributed by atoms with E-state index in [4.69, 9.17) is 4.74 Å². The molecule has 1 aliphatic rings. The lowest BCUT2D eigenvalue weighted by atomic mass is 9.85. The summed E-state index contributed by atoms with van der Waals surface area (Å²) in [5, 5.41) is 0. The molecule has 20 heavy (non-hydrogen) atoms. The number of carbonyl (C=O) groups is 1. The summed E-state index contributed by atoms with van der Waals surface area (Å²) in [6.07, 6.45) is 5.91. The van der Waals surface area contributed by atoms with Gasteiger partial charge in [0.15, 0.2) is 5.78 Å². The molecular weight excluding hydrogens is 248 g/mol. The van der Waals surface area contributed by atoms with Crippen LogP contribution in [-0.2, 0) is 4.74 Å². The second-order valence-electron chi connectivity index (χ2n) is 6.07. The van der Waals surface area contributed by atoms with Crippen molar-refractivity contribution >= 4 is 5.78 Å². The van der Waals surface area contributed by atoms with Crippen molar-refractivity contribution < 1.29 is 9.53 Å². The van der Waals surface area contributed by atoms with Crippen molar-refractivity contribution in [1.82, 2.24) is 0 Å². The Hall–Kier alpha value is -1.15. The number of ether oxygens (including phenoxy) is 1. The second-order valence-corrected chi connectivity index (χ2v) is 6.07. The van der Waals surface area contributed by atoms with Crippen LogP contribution in [0, 0.1) is 12.8 Å². The van der Waals surface area contributed by atoms with Gasteiger partial charge in [-0.25, -0.2) is 0 Å². The monoisotopic (exact) mass is 274 g/mol. The number of hydrogen-bond donors (Lipinski definition) is 0. The Morgan fingerprint density at radius 1 is 1.30 bits per heavy atom. The van der Waals surface area contributed by atoms with Crippen molar-refractivity contribution in [1.29, 1.82) is 0 Å². The van der Waals surface area contributed by atoms with E-state index in [-0.39, 0.29) is 18.0 Å². The van der Waals surface area contributed by atoms with Gasteiger partial charge in [-0.3, -0.25) is 4.79 Å². The summed E-state index contributed by atoms with van der Waals surface area (Å²) in [4.78, 5) is 12.4. The molecule has 3 unspecified atom stereocenters. The van der Waals surface area contributed by atoms with Crippen LogP contribution in [0.15, 0.2) is 24.3 Å². The molecule has 1 aliphatic carbocycles. The molecule has 0 N–H and O–H groups in total. The molecule has 0 aromatic heterocycles. The van der Waals surface area contributed by atoms with Crippen molar-refractivity contribution in [3.63, 3.8) is 0 Å². The molecule has 1 fully saturated rings. The van der Waals surface area contributed by atoms with Crippen LogP contribution in [-0.4, -0.2) is 18.0 Å². The summed E-state index contributed by atoms with van der Waals surface area (Å²) in [5.74, 6) is 0.874. The van der Waals surface area contributed by atoms with Crippen LogP contribution in [0.4, 0.5) is 0 Å². The zero-order chi connectivity index (χ0) is 14.5. The first kappa shape index (κ1) is 15.2. The average molecular weight is 274 g/mol. The van der Waals surface area contributed by atoms with Crippen molar-refractivity contribution in [3.05, 3.63) is 35.4 Å². The summed E-state index contributed by atoms with van der Waals surface area (Å²) in [5.41, 5.74) is 1.93. The van der Waals surface area contributed by atoms with E-state index in [2.05, 4.69) is 6.92 Å². The number of carbonyl (C=O) groups excluding carboxylic acids is 1. The van der Waals surface area contributed by atoms with Crippen LogP contribution < -0.4 is 0 Å². The molecule has 0 spiro atoms. The fourth-order valence-corrected chi connectivity index (χ4v) is 3.04. The van der Waals surface area contributed by atoms with Crippen molar-refractivity contribution in [2.75, 3.05) is 0 Å². The van der Waals surface area contributed by atoms with E-state index in [1.165, 1.54) is 24.8 Å². The number of ketones is 1. The van der Waals surface area contributed by atoms with Crippen LogP contribution in [0.3, 0.4) is 0 Å². The Balaban J connectivity index is 1.92. The van der Waals surface area contributed by atoms with E-state index in [1.807, 2.05) is 38.1 Å². The highest BCUT2D eigenvalue weighted by Crippen LogP contribution is 2.29.